The summed E-state index contributed by atoms with van der Waals surface area (Å²) in [6, 6.07) is -1.46. The van der Waals surface area contributed by atoms with Gasteiger partial charge in [0.25, 0.3) is 5.92 Å². The fourth-order valence-electron chi connectivity index (χ4n) is 2.33. The number of likely N-dealkylation sites (tertiary alicyclic amines) is 1. The smallest absolute Gasteiger partial charge is 0.268 e. The summed E-state index contributed by atoms with van der Waals surface area (Å²) in [5.74, 6) is -3.02. The first kappa shape index (κ1) is 9.83. The average molecular weight is 204 g/mol. The molecule has 1 heterocycles. The number of rotatable bonds is 1. The van der Waals surface area contributed by atoms with Gasteiger partial charge in [0, 0.05) is 13.0 Å². The van der Waals surface area contributed by atoms with E-state index in [4.69, 9.17) is 5.73 Å². The summed E-state index contributed by atoms with van der Waals surface area (Å²) in [5.41, 5.74) is 5.49. The number of hydrogen-bond donors (Lipinski definition) is 1. The highest BCUT2D eigenvalue weighted by Gasteiger charge is 2.50. The first-order valence-corrected chi connectivity index (χ1v) is 4.96. The van der Waals surface area contributed by atoms with Gasteiger partial charge in [0.05, 0.1) is 12.1 Å². The van der Waals surface area contributed by atoms with Crippen LogP contribution in [0.5, 0.6) is 0 Å². The van der Waals surface area contributed by atoms with E-state index < -0.39 is 18.0 Å². The van der Waals surface area contributed by atoms with Crippen molar-refractivity contribution in [2.75, 3.05) is 6.54 Å². The summed E-state index contributed by atoms with van der Waals surface area (Å²) in [5, 5.41) is 0. The molecule has 0 bridgehead atoms. The fourth-order valence-corrected chi connectivity index (χ4v) is 2.33. The Balaban J connectivity index is 2.12. The van der Waals surface area contributed by atoms with Crippen molar-refractivity contribution in [3.05, 3.63) is 0 Å². The van der Waals surface area contributed by atoms with Crippen LogP contribution in [0.4, 0.5) is 8.78 Å². The first-order chi connectivity index (χ1) is 6.52. The summed E-state index contributed by atoms with van der Waals surface area (Å²) >= 11 is 0. The first-order valence-electron chi connectivity index (χ1n) is 4.96. The molecule has 2 fully saturated rings. The molecule has 2 aliphatic rings. The Hall–Kier alpha value is -0.710. The van der Waals surface area contributed by atoms with Crippen molar-refractivity contribution in [2.45, 2.75) is 43.7 Å². The molecule has 0 aromatic heterocycles. The molecule has 2 unspecified atom stereocenters. The number of alkyl halides is 2. The Labute approximate surface area is 81.2 Å². The SMILES string of the molecule is NC1CCN(C2CCCC2(F)F)C1=O. The minimum Gasteiger partial charge on any atom is -0.332 e. The van der Waals surface area contributed by atoms with Crippen LogP contribution in [-0.2, 0) is 4.79 Å². The third-order valence-electron chi connectivity index (χ3n) is 3.13. The van der Waals surface area contributed by atoms with Crippen LogP contribution < -0.4 is 5.73 Å². The minimum absolute atomic E-state index is 0.101. The second-order valence-electron chi connectivity index (χ2n) is 4.10. The van der Waals surface area contributed by atoms with E-state index in [-0.39, 0.29) is 12.3 Å². The molecule has 2 rings (SSSR count). The molecule has 1 aliphatic heterocycles. The normalized spacial score (nSPS) is 36.8. The third-order valence-corrected chi connectivity index (χ3v) is 3.13. The van der Waals surface area contributed by atoms with Gasteiger partial charge in [-0.25, -0.2) is 8.78 Å². The largest absolute Gasteiger partial charge is 0.332 e. The monoisotopic (exact) mass is 204 g/mol. The molecule has 2 atom stereocenters. The van der Waals surface area contributed by atoms with Gasteiger partial charge in [-0.1, -0.05) is 0 Å². The fraction of sp³-hybridized carbons (Fsp3) is 0.889. The summed E-state index contributed by atoms with van der Waals surface area (Å²) in [6.07, 6.45) is 1.31. The van der Waals surface area contributed by atoms with E-state index in [0.29, 0.717) is 25.8 Å². The number of amides is 1. The van der Waals surface area contributed by atoms with Gasteiger partial charge in [-0.05, 0) is 19.3 Å². The van der Waals surface area contributed by atoms with Crippen LogP contribution in [-0.4, -0.2) is 35.4 Å². The number of nitrogens with zero attached hydrogens (tertiary/aromatic N) is 1. The van der Waals surface area contributed by atoms with E-state index >= 15 is 0 Å². The molecule has 3 nitrogen and oxygen atoms in total. The molecule has 0 aromatic rings. The molecular weight excluding hydrogens is 190 g/mol. The lowest BCUT2D eigenvalue weighted by Crippen LogP contribution is -2.47. The van der Waals surface area contributed by atoms with Crippen molar-refractivity contribution in [3.8, 4) is 0 Å². The number of nitrogens with two attached hydrogens (primary N) is 1. The second kappa shape index (κ2) is 3.15. The second-order valence-corrected chi connectivity index (χ2v) is 4.10. The van der Waals surface area contributed by atoms with E-state index in [2.05, 4.69) is 0 Å². The van der Waals surface area contributed by atoms with E-state index in [1.807, 2.05) is 0 Å². The lowest BCUT2D eigenvalue weighted by molar-refractivity contribution is -0.138. The van der Waals surface area contributed by atoms with Gasteiger partial charge < -0.3 is 10.6 Å². The molecule has 5 heteroatoms. The van der Waals surface area contributed by atoms with Crippen molar-refractivity contribution < 1.29 is 13.6 Å². The number of carbonyl (C=O) groups is 1. The highest BCUT2D eigenvalue weighted by atomic mass is 19.3. The van der Waals surface area contributed by atoms with E-state index in [1.165, 1.54) is 4.90 Å². The topological polar surface area (TPSA) is 46.3 Å². The van der Waals surface area contributed by atoms with Gasteiger partial charge in [-0.2, -0.15) is 0 Å². The molecule has 14 heavy (non-hydrogen) atoms. The standard InChI is InChI=1S/C9H14F2N2O/c10-9(11)4-1-2-7(9)13-5-3-6(12)8(13)14/h6-7H,1-5,12H2. The summed E-state index contributed by atoms with van der Waals surface area (Å²) in [4.78, 5) is 12.7. The maximum absolute atomic E-state index is 13.3. The van der Waals surface area contributed by atoms with Crippen molar-refractivity contribution in [3.63, 3.8) is 0 Å². The Morgan fingerprint density at radius 3 is 2.57 bits per heavy atom. The molecule has 1 saturated carbocycles. The molecule has 80 valence electrons. The zero-order valence-corrected chi connectivity index (χ0v) is 7.88. The Kier molecular flexibility index (Phi) is 2.21. The predicted octanol–water partition coefficient (Wildman–Crippen LogP) is 0.734. The zero-order chi connectivity index (χ0) is 10.3. The highest BCUT2D eigenvalue weighted by molar-refractivity contribution is 5.84. The summed E-state index contributed by atoms with van der Waals surface area (Å²) < 4.78 is 26.7. The van der Waals surface area contributed by atoms with Gasteiger partial charge in [0.2, 0.25) is 5.91 Å². The zero-order valence-electron chi connectivity index (χ0n) is 7.88. The van der Waals surface area contributed by atoms with Gasteiger partial charge in [0.15, 0.2) is 0 Å². The molecular formula is C9H14F2N2O. The van der Waals surface area contributed by atoms with Gasteiger partial charge >= 0.3 is 0 Å². The van der Waals surface area contributed by atoms with Crippen LogP contribution in [0.15, 0.2) is 0 Å². The van der Waals surface area contributed by atoms with Gasteiger partial charge in [-0.3, -0.25) is 4.79 Å². The average Bonchev–Trinajstić information content (AvgIpc) is 2.59. The van der Waals surface area contributed by atoms with Crippen molar-refractivity contribution in [2.24, 2.45) is 5.73 Å². The number of hydrogen-bond acceptors (Lipinski definition) is 2. The van der Waals surface area contributed by atoms with Crippen LogP contribution in [0.3, 0.4) is 0 Å². The summed E-state index contributed by atoms with van der Waals surface area (Å²) in [7, 11) is 0. The maximum atomic E-state index is 13.3. The Morgan fingerprint density at radius 2 is 2.14 bits per heavy atom. The molecule has 1 saturated heterocycles. The number of halogens is 2. The lowest BCUT2D eigenvalue weighted by atomic mass is 10.2. The molecule has 2 N–H and O–H groups in total. The van der Waals surface area contributed by atoms with E-state index in [1.54, 1.807) is 0 Å². The lowest BCUT2D eigenvalue weighted by Gasteiger charge is -2.28. The van der Waals surface area contributed by atoms with Crippen molar-refractivity contribution in [1.82, 2.24) is 4.90 Å². The minimum atomic E-state index is -2.71. The van der Waals surface area contributed by atoms with Gasteiger partial charge in [0.1, 0.15) is 0 Å². The van der Waals surface area contributed by atoms with Crippen LogP contribution >= 0.6 is 0 Å². The quantitative estimate of drug-likeness (QED) is 0.684. The van der Waals surface area contributed by atoms with Crippen molar-refractivity contribution in [1.29, 1.82) is 0 Å². The molecule has 0 radical (unpaired) electrons. The predicted molar refractivity (Wildman–Crippen MR) is 46.9 cm³/mol. The van der Waals surface area contributed by atoms with Gasteiger partial charge in [-0.15, -0.1) is 0 Å². The number of carbonyl (C=O) groups excluding carboxylic acids is 1. The third kappa shape index (κ3) is 1.39. The van der Waals surface area contributed by atoms with Crippen LogP contribution in [0.1, 0.15) is 25.7 Å². The van der Waals surface area contributed by atoms with Crippen molar-refractivity contribution >= 4 is 5.91 Å². The van der Waals surface area contributed by atoms with Crippen LogP contribution in [0.2, 0.25) is 0 Å². The van der Waals surface area contributed by atoms with E-state index in [9.17, 15) is 13.6 Å². The Morgan fingerprint density at radius 1 is 1.43 bits per heavy atom. The van der Waals surface area contributed by atoms with Crippen LogP contribution in [0, 0.1) is 0 Å². The molecule has 1 aliphatic carbocycles. The van der Waals surface area contributed by atoms with E-state index in [0.717, 1.165) is 0 Å². The summed E-state index contributed by atoms with van der Waals surface area (Å²) in [6.45, 7) is 0.389. The highest BCUT2D eigenvalue weighted by Crippen LogP contribution is 2.39. The maximum Gasteiger partial charge on any atom is 0.268 e. The van der Waals surface area contributed by atoms with Crippen LogP contribution in [0.25, 0.3) is 0 Å². The Bertz CT molecular complexity index is 257. The molecule has 1 amide bonds. The molecule has 0 spiro atoms. The molecule has 0 aromatic carbocycles.